The molecular weight excluding hydrogens is 496 g/mol. The van der Waals surface area contributed by atoms with Crippen LogP contribution in [0.15, 0.2) is 48.6 Å². The predicted molar refractivity (Wildman–Crippen MR) is 138 cm³/mol. The van der Waals surface area contributed by atoms with Crippen molar-refractivity contribution in [3.63, 3.8) is 0 Å². The fourth-order valence-corrected chi connectivity index (χ4v) is 6.56. The van der Waals surface area contributed by atoms with Gasteiger partial charge in [0, 0.05) is 30.4 Å². The van der Waals surface area contributed by atoms with E-state index in [4.69, 9.17) is 26.2 Å². The van der Waals surface area contributed by atoms with Crippen LogP contribution in [-0.4, -0.2) is 71.3 Å². The Balaban J connectivity index is 1.57. The maximum absolute atomic E-state index is 14.3. The number of likely N-dealkylation sites (tertiary alicyclic amines) is 1. The lowest BCUT2D eigenvalue weighted by Gasteiger charge is -2.38. The zero-order chi connectivity index (χ0) is 26.2. The Morgan fingerprint density at radius 3 is 2.49 bits per heavy atom. The van der Waals surface area contributed by atoms with Crippen LogP contribution in [0.2, 0.25) is 5.02 Å². The van der Waals surface area contributed by atoms with Gasteiger partial charge in [0.15, 0.2) is 0 Å². The Kier molecular flexibility index (Phi) is 7.18. The average molecular weight is 529 g/mol. The lowest BCUT2D eigenvalue weighted by Crippen LogP contribution is -2.56. The highest BCUT2D eigenvalue weighted by atomic mass is 35.5. The summed E-state index contributed by atoms with van der Waals surface area (Å²) < 4.78 is 12.3. The van der Waals surface area contributed by atoms with Crippen LogP contribution < -0.4 is 4.90 Å². The minimum absolute atomic E-state index is 0.125. The Hall–Kier alpha value is -2.68. The number of esters is 1. The normalized spacial score (nSPS) is 32.6. The predicted octanol–water partition coefficient (Wildman–Crippen LogP) is 3.27. The zero-order valence-electron chi connectivity index (χ0n) is 21.0. The Bertz CT molecular complexity index is 1120. The molecule has 2 fully saturated rings. The number of hydrogen-bond donors (Lipinski definition) is 1. The number of aliphatic hydroxyl groups is 1. The number of benzene rings is 1. The first kappa shape index (κ1) is 25.9. The van der Waals surface area contributed by atoms with Gasteiger partial charge in [0.1, 0.15) is 29.8 Å². The van der Waals surface area contributed by atoms with Crippen molar-refractivity contribution in [3.8, 4) is 0 Å². The molecule has 0 aliphatic carbocycles. The van der Waals surface area contributed by atoms with Gasteiger partial charge in [-0.3, -0.25) is 14.4 Å². The van der Waals surface area contributed by atoms with E-state index in [0.717, 1.165) is 12.8 Å². The summed E-state index contributed by atoms with van der Waals surface area (Å²) in [5, 5.41) is 9.67. The van der Waals surface area contributed by atoms with E-state index in [1.54, 1.807) is 40.1 Å². The molecular formula is C28H33ClN2O6. The van der Waals surface area contributed by atoms with Crippen molar-refractivity contribution >= 4 is 35.1 Å². The third-order valence-electron chi connectivity index (χ3n) is 8.14. The van der Waals surface area contributed by atoms with E-state index in [1.807, 2.05) is 25.2 Å². The summed E-state index contributed by atoms with van der Waals surface area (Å²) in [7, 11) is 0. The van der Waals surface area contributed by atoms with Gasteiger partial charge >= 0.3 is 5.97 Å². The van der Waals surface area contributed by atoms with Crippen LogP contribution in [-0.2, 0) is 23.9 Å². The fourth-order valence-electron chi connectivity index (χ4n) is 6.44. The van der Waals surface area contributed by atoms with Crippen molar-refractivity contribution in [1.82, 2.24) is 4.90 Å². The van der Waals surface area contributed by atoms with Gasteiger partial charge in [-0.15, -0.1) is 0 Å². The van der Waals surface area contributed by atoms with E-state index in [2.05, 4.69) is 0 Å². The summed E-state index contributed by atoms with van der Waals surface area (Å²) in [6.45, 7) is 2.85. The molecule has 2 saturated heterocycles. The van der Waals surface area contributed by atoms with Crippen LogP contribution in [0.4, 0.5) is 5.69 Å². The zero-order valence-corrected chi connectivity index (χ0v) is 21.7. The number of aliphatic hydroxyl groups excluding tert-OH is 1. The molecule has 198 valence electrons. The summed E-state index contributed by atoms with van der Waals surface area (Å²) >= 11 is 6.09. The number of unbranched alkanes of at least 4 members (excludes halogenated alkanes) is 3. The average Bonchev–Trinajstić information content (AvgIpc) is 3.16. The standard InChI is InChI=1S/C28H33ClN2O6/c1-2-27-13-8-18-36-26(35)22(27)21-24(33)31(15-5-3-4-6-17-32)23-25(34)30(16-7-14-28(21,23)37-27)20-11-9-19(29)10-12-20/h7-14,21-23,32H,2-6,15-18H2,1H3/t21-,22+,23?,27-,28-/m0/s1. The monoisotopic (exact) mass is 528 g/mol. The largest absolute Gasteiger partial charge is 0.461 e. The molecule has 0 aromatic heterocycles. The molecule has 4 heterocycles. The minimum atomic E-state index is -1.29. The Morgan fingerprint density at radius 2 is 1.76 bits per heavy atom. The summed E-state index contributed by atoms with van der Waals surface area (Å²) in [5.74, 6) is -2.68. The second-order valence-electron chi connectivity index (χ2n) is 10.2. The lowest BCUT2D eigenvalue weighted by molar-refractivity contribution is -0.157. The number of nitrogens with zero attached hydrogens (tertiary/aromatic N) is 2. The molecule has 1 aromatic rings. The number of ether oxygens (including phenoxy) is 2. The quantitative estimate of drug-likeness (QED) is 0.316. The van der Waals surface area contributed by atoms with Crippen molar-refractivity contribution < 1.29 is 29.0 Å². The Labute approximate surface area is 221 Å². The van der Waals surface area contributed by atoms with Crippen molar-refractivity contribution in [2.45, 2.75) is 56.3 Å². The number of carbonyl (C=O) groups excluding carboxylic acids is 3. The number of cyclic esters (lactones) is 1. The van der Waals surface area contributed by atoms with Gasteiger partial charge in [-0.05, 0) is 49.6 Å². The molecule has 1 spiro atoms. The number of anilines is 1. The van der Waals surface area contributed by atoms with Gasteiger partial charge in [0.25, 0.3) is 5.91 Å². The summed E-state index contributed by atoms with van der Waals surface area (Å²) in [6.07, 6.45) is 10.8. The van der Waals surface area contributed by atoms with Crippen LogP contribution in [0, 0.1) is 11.8 Å². The van der Waals surface area contributed by atoms with Crippen molar-refractivity contribution in [2.24, 2.45) is 11.8 Å². The van der Waals surface area contributed by atoms with Crippen LogP contribution in [0.1, 0.15) is 39.0 Å². The number of fused-ring (bicyclic) bond motifs is 2. The topological polar surface area (TPSA) is 96.4 Å². The summed E-state index contributed by atoms with van der Waals surface area (Å²) in [6, 6.07) is 6.10. The SMILES string of the molecule is CC[C@]12C=CCOC(=O)[C@H]1[C@H]1C(=O)N(CCCCCCO)C3C(=O)N(c4ccc(Cl)cc4)CC=C[C@@]31O2. The number of halogens is 1. The van der Waals surface area contributed by atoms with Gasteiger partial charge in [-0.2, -0.15) is 0 Å². The number of hydrogen-bond acceptors (Lipinski definition) is 6. The van der Waals surface area contributed by atoms with E-state index < -0.39 is 35.0 Å². The maximum Gasteiger partial charge on any atom is 0.313 e. The van der Waals surface area contributed by atoms with Gasteiger partial charge < -0.3 is 24.4 Å². The summed E-state index contributed by atoms with van der Waals surface area (Å²) in [5.41, 5.74) is -1.65. The van der Waals surface area contributed by atoms with E-state index in [0.29, 0.717) is 43.1 Å². The first-order valence-corrected chi connectivity index (χ1v) is 13.5. The fraction of sp³-hybridized carbons (Fsp3) is 0.536. The van der Waals surface area contributed by atoms with E-state index in [1.165, 1.54) is 0 Å². The molecule has 1 N–H and O–H groups in total. The molecule has 9 heteroatoms. The summed E-state index contributed by atoms with van der Waals surface area (Å²) in [4.78, 5) is 45.0. The van der Waals surface area contributed by atoms with Gasteiger partial charge in [0.2, 0.25) is 5.91 Å². The number of carbonyl (C=O) groups is 3. The molecule has 8 nitrogen and oxygen atoms in total. The molecule has 1 unspecified atom stereocenters. The highest BCUT2D eigenvalue weighted by Gasteiger charge is 2.75. The molecule has 2 amide bonds. The first-order valence-electron chi connectivity index (χ1n) is 13.1. The number of rotatable bonds is 8. The van der Waals surface area contributed by atoms with Gasteiger partial charge in [-0.1, -0.05) is 49.6 Å². The van der Waals surface area contributed by atoms with Crippen molar-refractivity contribution in [1.29, 1.82) is 0 Å². The van der Waals surface area contributed by atoms with E-state index in [9.17, 15) is 14.4 Å². The highest BCUT2D eigenvalue weighted by Crippen LogP contribution is 2.58. The molecule has 5 rings (SSSR count). The van der Waals surface area contributed by atoms with Gasteiger partial charge in [-0.25, -0.2) is 0 Å². The van der Waals surface area contributed by atoms with Crippen LogP contribution in [0.25, 0.3) is 0 Å². The molecule has 4 aliphatic rings. The van der Waals surface area contributed by atoms with Crippen molar-refractivity contribution in [2.75, 3.05) is 31.2 Å². The molecule has 0 radical (unpaired) electrons. The number of amides is 2. The minimum Gasteiger partial charge on any atom is -0.461 e. The third kappa shape index (κ3) is 4.19. The molecule has 0 bridgehead atoms. The first-order chi connectivity index (χ1) is 17.9. The molecule has 37 heavy (non-hydrogen) atoms. The van der Waals surface area contributed by atoms with Crippen LogP contribution in [0.3, 0.4) is 0 Å². The highest BCUT2D eigenvalue weighted by molar-refractivity contribution is 6.30. The molecule has 4 aliphatic heterocycles. The smallest absolute Gasteiger partial charge is 0.313 e. The second-order valence-corrected chi connectivity index (χ2v) is 10.6. The third-order valence-corrected chi connectivity index (χ3v) is 8.39. The Morgan fingerprint density at radius 1 is 1.00 bits per heavy atom. The maximum atomic E-state index is 14.3. The molecule has 5 atom stereocenters. The van der Waals surface area contributed by atoms with Gasteiger partial charge in [0.05, 0.1) is 5.92 Å². The molecule has 0 saturated carbocycles. The second kappa shape index (κ2) is 10.2. The van der Waals surface area contributed by atoms with Crippen LogP contribution >= 0.6 is 11.6 Å². The lowest BCUT2D eigenvalue weighted by atomic mass is 9.73. The molecule has 1 aromatic carbocycles. The van der Waals surface area contributed by atoms with Crippen molar-refractivity contribution in [3.05, 3.63) is 53.6 Å². The van der Waals surface area contributed by atoms with E-state index >= 15 is 0 Å². The van der Waals surface area contributed by atoms with E-state index in [-0.39, 0.29) is 25.0 Å². The van der Waals surface area contributed by atoms with Crippen LogP contribution in [0.5, 0.6) is 0 Å².